The normalized spacial score (nSPS) is 19.1. The first-order valence-electron chi connectivity index (χ1n) is 6.15. The molecule has 0 saturated heterocycles. The van der Waals surface area contributed by atoms with Gasteiger partial charge in [0.15, 0.2) is 5.84 Å². The Morgan fingerprint density at radius 3 is 2.59 bits per heavy atom. The third kappa shape index (κ3) is 3.23. The zero-order chi connectivity index (χ0) is 12.1. The van der Waals surface area contributed by atoms with Crippen molar-refractivity contribution < 1.29 is 0 Å². The highest BCUT2D eigenvalue weighted by Crippen LogP contribution is 2.21. The van der Waals surface area contributed by atoms with E-state index in [4.69, 9.17) is 10.8 Å². The van der Waals surface area contributed by atoms with Crippen LogP contribution in [0.2, 0.25) is 0 Å². The Morgan fingerprint density at radius 1 is 1.35 bits per heavy atom. The van der Waals surface area contributed by atoms with Crippen LogP contribution in [0.4, 0.5) is 0 Å². The predicted octanol–water partition coefficient (Wildman–Crippen LogP) is 1.78. The second-order valence-corrected chi connectivity index (χ2v) is 5.21. The molecule has 1 aliphatic rings. The number of nitrogens with one attached hydrogen (secondary N) is 1. The zero-order valence-electron chi connectivity index (χ0n) is 10.1. The number of hydrogen-bond donors (Lipinski definition) is 2. The lowest BCUT2D eigenvalue weighted by molar-refractivity contribution is 0.583. The molecule has 0 amide bonds. The minimum absolute atomic E-state index is 0.394. The second-order valence-electron chi connectivity index (χ2n) is 4.45. The molecule has 1 aromatic rings. The Morgan fingerprint density at radius 2 is 2.06 bits per heavy atom. The van der Waals surface area contributed by atoms with Crippen LogP contribution in [0.3, 0.4) is 0 Å². The summed E-state index contributed by atoms with van der Waals surface area (Å²) in [5, 5.41) is 3.99. The molecule has 1 saturated carbocycles. The van der Waals surface area contributed by atoms with Crippen molar-refractivity contribution in [2.45, 2.75) is 51.5 Å². The van der Waals surface area contributed by atoms with Crippen LogP contribution in [-0.4, -0.2) is 21.5 Å². The first kappa shape index (κ1) is 12.4. The van der Waals surface area contributed by atoms with Gasteiger partial charge >= 0.3 is 0 Å². The molecular weight excluding hydrogens is 234 g/mol. The van der Waals surface area contributed by atoms with Crippen LogP contribution in [0.15, 0.2) is 4.99 Å². The minimum atomic E-state index is 0.394. The van der Waals surface area contributed by atoms with Crippen molar-refractivity contribution in [1.82, 2.24) is 15.0 Å². The molecule has 0 unspecified atom stereocenters. The van der Waals surface area contributed by atoms with Gasteiger partial charge in [0.2, 0.25) is 0 Å². The molecule has 1 aromatic heterocycles. The summed E-state index contributed by atoms with van der Waals surface area (Å²) in [6, 6.07) is 0.394. The molecular formula is C11H19N5S. The molecule has 1 aliphatic carbocycles. The maximum atomic E-state index is 5.56. The van der Waals surface area contributed by atoms with Gasteiger partial charge in [-0.1, -0.05) is 30.2 Å². The molecule has 0 bridgehead atoms. The van der Waals surface area contributed by atoms with Gasteiger partial charge in [0.1, 0.15) is 4.88 Å². The highest BCUT2D eigenvalue weighted by atomic mass is 32.1. The van der Waals surface area contributed by atoms with Gasteiger partial charge < -0.3 is 5.43 Å². The average molecular weight is 253 g/mol. The maximum Gasteiger partial charge on any atom is 0.156 e. The van der Waals surface area contributed by atoms with E-state index in [1.807, 2.05) is 6.92 Å². The monoisotopic (exact) mass is 253 g/mol. The molecule has 2 rings (SSSR count). The van der Waals surface area contributed by atoms with Gasteiger partial charge in [0.05, 0.1) is 11.7 Å². The van der Waals surface area contributed by atoms with Crippen LogP contribution in [0.25, 0.3) is 0 Å². The van der Waals surface area contributed by atoms with Gasteiger partial charge in [0.25, 0.3) is 0 Å². The SMILES string of the molecule is Cc1nnsc1C(=NC1CCCCCC1)NN. The summed E-state index contributed by atoms with van der Waals surface area (Å²) in [5.41, 5.74) is 3.58. The number of rotatable bonds is 2. The van der Waals surface area contributed by atoms with E-state index in [1.165, 1.54) is 37.2 Å². The Kier molecular flexibility index (Phi) is 4.44. The molecule has 3 N–H and O–H groups in total. The number of amidine groups is 1. The van der Waals surface area contributed by atoms with E-state index < -0.39 is 0 Å². The molecule has 6 heteroatoms. The van der Waals surface area contributed by atoms with Gasteiger partial charge in [-0.3, -0.25) is 4.99 Å². The Bertz CT molecular complexity index is 379. The fraction of sp³-hybridized carbons (Fsp3) is 0.727. The summed E-state index contributed by atoms with van der Waals surface area (Å²) >= 11 is 1.34. The summed E-state index contributed by atoms with van der Waals surface area (Å²) in [4.78, 5) is 5.68. The standard InChI is InChI=1S/C11H19N5S/c1-8-10(17-16-15-8)11(14-12)13-9-6-4-2-3-5-7-9/h9H,2-7,12H2,1H3,(H,13,14). The third-order valence-corrected chi connectivity index (χ3v) is 3.97. The molecule has 0 aliphatic heterocycles. The van der Waals surface area contributed by atoms with Crippen LogP contribution in [0.5, 0.6) is 0 Å². The van der Waals surface area contributed by atoms with Crippen LogP contribution >= 0.6 is 11.5 Å². The quantitative estimate of drug-likeness (QED) is 0.277. The zero-order valence-corrected chi connectivity index (χ0v) is 11.0. The molecule has 1 fully saturated rings. The van der Waals surface area contributed by atoms with Gasteiger partial charge in [-0.25, -0.2) is 5.84 Å². The number of nitrogens with zero attached hydrogens (tertiary/aromatic N) is 3. The first-order valence-corrected chi connectivity index (χ1v) is 6.92. The number of aryl methyl sites for hydroxylation is 1. The smallest absolute Gasteiger partial charge is 0.156 e. The fourth-order valence-electron chi connectivity index (χ4n) is 2.18. The predicted molar refractivity (Wildman–Crippen MR) is 70.0 cm³/mol. The summed E-state index contributed by atoms with van der Waals surface area (Å²) < 4.78 is 3.92. The minimum Gasteiger partial charge on any atom is -0.307 e. The molecule has 0 atom stereocenters. The van der Waals surface area contributed by atoms with E-state index in [1.54, 1.807) is 0 Å². The summed E-state index contributed by atoms with van der Waals surface area (Å²) in [6.45, 7) is 1.93. The number of hydrazine groups is 1. The highest BCUT2D eigenvalue weighted by Gasteiger charge is 2.15. The summed E-state index contributed by atoms with van der Waals surface area (Å²) in [5.74, 6) is 6.30. The van der Waals surface area contributed by atoms with Crippen molar-refractivity contribution in [2.75, 3.05) is 0 Å². The summed E-state index contributed by atoms with van der Waals surface area (Å²) in [7, 11) is 0. The number of aromatic nitrogens is 2. The van der Waals surface area contributed by atoms with E-state index >= 15 is 0 Å². The van der Waals surface area contributed by atoms with E-state index in [2.05, 4.69) is 15.0 Å². The van der Waals surface area contributed by atoms with Gasteiger partial charge in [-0.05, 0) is 31.3 Å². The lowest BCUT2D eigenvalue weighted by Crippen LogP contribution is -2.32. The van der Waals surface area contributed by atoms with Crippen LogP contribution in [0.1, 0.15) is 49.1 Å². The largest absolute Gasteiger partial charge is 0.307 e. The van der Waals surface area contributed by atoms with Crippen LogP contribution in [-0.2, 0) is 0 Å². The molecule has 1 heterocycles. The molecule has 94 valence electrons. The van der Waals surface area contributed by atoms with Gasteiger partial charge in [-0.15, -0.1) is 5.10 Å². The number of nitrogens with two attached hydrogens (primary N) is 1. The topological polar surface area (TPSA) is 76.2 Å². The van der Waals surface area contributed by atoms with Crippen molar-refractivity contribution in [1.29, 1.82) is 0 Å². The maximum absolute atomic E-state index is 5.56. The first-order chi connectivity index (χ1) is 8.31. The number of hydrogen-bond acceptors (Lipinski definition) is 5. The molecule has 0 radical (unpaired) electrons. The molecule has 0 spiro atoms. The van der Waals surface area contributed by atoms with Crippen molar-refractivity contribution in [3.8, 4) is 0 Å². The number of aliphatic imine (C=N–C) groups is 1. The lowest BCUT2D eigenvalue weighted by Gasteiger charge is -2.11. The van der Waals surface area contributed by atoms with Crippen molar-refractivity contribution in [3.63, 3.8) is 0 Å². The molecule has 0 aromatic carbocycles. The van der Waals surface area contributed by atoms with E-state index in [0.717, 1.165) is 29.2 Å². The van der Waals surface area contributed by atoms with Crippen LogP contribution < -0.4 is 11.3 Å². The van der Waals surface area contributed by atoms with Gasteiger partial charge in [0, 0.05) is 0 Å². The highest BCUT2D eigenvalue weighted by molar-refractivity contribution is 7.08. The van der Waals surface area contributed by atoms with E-state index in [9.17, 15) is 0 Å². The Balaban J connectivity index is 2.14. The van der Waals surface area contributed by atoms with E-state index in [0.29, 0.717) is 6.04 Å². The Hall–Kier alpha value is -1.01. The van der Waals surface area contributed by atoms with Crippen LogP contribution in [0, 0.1) is 6.92 Å². The van der Waals surface area contributed by atoms with Crippen molar-refractivity contribution in [2.24, 2.45) is 10.8 Å². The Labute approximate surface area is 106 Å². The van der Waals surface area contributed by atoms with Crippen molar-refractivity contribution >= 4 is 17.4 Å². The third-order valence-electron chi connectivity index (χ3n) is 3.14. The van der Waals surface area contributed by atoms with Gasteiger partial charge in [-0.2, -0.15) is 0 Å². The lowest BCUT2D eigenvalue weighted by atomic mass is 10.1. The second kappa shape index (κ2) is 6.07. The summed E-state index contributed by atoms with van der Waals surface area (Å²) in [6.07, 6.45) is 7.53. The van der Waals surface area contributed by atoms with Crippen molar-refractivity contribution in [3.05, 3.63) is 10.6 Å². The fourth-order valence-corrected chi connectivity index (χ4v) is 2.80. The van der Waals surface area contributed by atoms with E-state index in [-0.39, 0.29) is 0 Å². The average Bonchev–Trinajstić information content (AvgIpc) is 2.62. The molecule has 17 heavy (non-hydrogen) atoms. The molecule has 5 nitrogen and oxygen atoms in total.